The molecule has 0 aromatic carbocycles. The van der Waals surface area contributed by atoms with E-state index in [4.69, 9.17) is 40.3 Å². The molecule has 0 aromatic rings. The molecule has 51 heavy (non-hydrogen) atoms. The van der Waals surface area contributed by atoms with Crippen LogP contribution < -0.4 is 49.9 Å². The van der Waals surface area contributed by atoms with Crippen LogP contribution in [0.15, 0.2) is 9.98 Å². The Labute approximate surface area is 309 Å². The van der Waals surface area contributed by atoms with Crippen LogP contribution in [0.25, 0.3) is 0 Å². The number of carbonyl (C=O) groups is 5. The highest BCUT2D eigenvalue weighted by molar-refractivity contribution is 6.28. The van der Waals surface area contributed by atoms with Crippen molar-refractivity contribution in [3.8, 4) is 0 Å². The lowest BCUT2D eigenvalue weighted by Crippen LogP contribution is -2.59. The van der Waals surface area contributed by atoms with E-state index in [0.29, 0.717) is 38.6 Å². The number of hydrogen-bond acceptors (Lipinski definition) is 8. The largest absolute Gasteiger partial charge is 0.370 e. The lowest BCUT2D eigenvalue weighted by Gasteiger charge is -2.28. The Hall–Kier alpha value is -3.66. The number of guanidine groups is 2. The van der Waals surface area contributed by atoms with Gasteiger partial charge in [-0.05, 0) is 63.8 Å². The van der Waals surface area contributed by atoms with Crippen molar-refractivity contribution < 1.29 is 24.0 Å². The number of aliphatic imine (C=N–C) groups is 2. The predicted octanol–water partition coefficient (Wildman–Crippen LogP) is 0.766. The molecule has 4 amide bonds. The first kappa shape index (κ1) is 47.3. The second-order valence-corrected chi connectivity index (χ2v) is 13.4. The van der Waals surface area contributed by atoms with Gasteiger partial charge in [-0.3, -0.25) is 34.0 Å². The third-order valence-corrected chi connectivity index (χ3v) is 8.48. The highest BCUT2D eigenvalue weighted by atomic mass is 35.5. The van der Waals surface area contributed by atoms with Crippen molar-refractivity contribution in [3.63, 3.8) is 0 Å². The third kappa shape index (κ3) is 23.4. The summed E-state index contributed by atoms with van der Waals surface area (Å²) in [5.74, 6) is -3.22. The molecular weight excluding hydrogens is 678 g/mol. The van der Waals surface area contributed by atoms with Gasteiger partial charge in [0.15, 0.2) is 17.7 Å². The zero-order valence-corrected chi connectivity index (χ0v) is 31.8. The van der Waals surface area contributed by atoms with E-state index in [1.807, 2.05) is 0 Å². The second-order valence-electron chi connectivity index (χ2n) is 13.1. The molecule has 0 aliphatic carbocycles. The summed E-state index contributed by atoms with van der Waals surface area (Å²) in [5.41, 5.74) is 27.3. The topological polar surface area (TPSA) is 288 Å². The minimum Gasteiger partial charge on any atom is -0.370 e. The Morgan fingerprint density at radius 3 is 1.63 bits per heavy atom. The first-order valence-corrected chi connectivity index (χ1v) is 18.9. The van der Waals surface area contributed by atoms with E-state index in [1.54, 1.807) is 13.8 Å². The maximum atomic E-state index is 13.7. The summed E-state index contributed by atoms with van der Waals surface area (Å²) in [4.78, 5) is 74.0. The fourth-order valence-electron chi connectivity index (χ4n) is 5.28. The number of halogens is 1. The fourth-order valence-corrected chi connectivity index (χ4v) is 5.46. The average Bonchev–Trinajstić information content (AvgIpc) is 3.07. The summed E-state index contributed by atoms with van der Waals surface area (Å²) in [6.07, 6.45) is 10.3. The molecule has 0 radical (unpaired) electrons. The number of amides is 4. The molecule has 0 spiro atoms. The van der Waals surface area contributed by atoms with Crippen molar-refractivity contribution in [2.45, 2.75) is 141 Å². The number of nitrogens with one attached hydrogen (secondary N) is 4. The van der Waals surface area contributed by atoms with Gasteiger partial charge in [-0.1, -0.05) is 59.3 Å². The van der Waals surface area contributed by atoms with Crippen LogP contribution in [0.4, 0.5) is 0 Å². The summed E-state index contributed by atoms with van der Waals surface area (Å²) >= 11 is 5.81. The molecule has 0 heterocycles. The first-order chi connectivity index (χ1) is 24.3. The summed E-state index contributed by atoms with van der Waals surface area (Å²) in [5, 5.41) is 11.1. The van der Waals surface area contributed by atoms with Gasteiger partial charge in [-0.2, -0.15) is 0 Å². The number of unbranched alkanes of at least 4 members (excludes halogenated alkanes) is 7. The lowest BCUT2D eigenvalue weighted by atomic mass is 10.00. The van der Waals surface area contributed by atoms with Gasteiger partial charge >= 0.3 is 0 Å². The van der Waals surface area contributed by atoms with Gasteiger partial charge in [0.1, 0.15) is 18.1 Å². The monoisotopic (exact) mass is 743 g/mol. The minimum atomic E-state index is -1.04. The van der Waals surface area contributed by atoms with E-state index in [2.05, 4.69) is 38.2 Å². The van der Waals surface area contributed by atoms with Crippen molar-refractivity contribution in [3.05, 3.63) is 0 Å². The van der Waals surface area contributed by atoms with Crippen LogP contribution in [0, 0.1) is 5.92 Å². The van der Waals surface area contributed by atoms with Crippen molar-refractivity contribution >= 4 is 52.9 Å². The molecule has 0 fully saturated rings. The lowest BCUT2D eigenvalue weighted by molar-refractivity contribution is -0.135. The van der Waals surface area contributed by atoms with E-state index < -0.39 is 47.7 Å². The van der Waals surface area contributed by atoms with Crippen LogP contribution in [0.3, 0.4) is 0 Å². The van der Waals surface area contributed by atoms with Crippen LogP contribution in [0.1, 0.15) is 117 Å². The maximum absolute atomic E-state index is 13.7. The summed E-state index contributed by atoms with van der Waals surface area (Å²) < 4.78 is 0. The Bertz CT molecular complexity index is 1100. The molecule has 0 bridgehead atoms. The van der Waals surface area contributed by atoms with E-state index in [1.165, 1.54) is 19.3 Å². The molecule has 0 aliphatic rings. The van der Waals surface area contributed by atoms with Crippen LogP contribution in [-0.2, 0) is 24.0 Å². The van der Waals surface area contributed by atoms with Crippen LogP contribution in [0.5, 0.6) is 0 Å². The molecule has 0 unspecified atom stereocenters. The predicted molar refractivity (Wildman–Crippen MR) is 204 cm³/mol. The average molecular weight is 744 g/mol. The maximum Gasteiger partial charge on any atom is 0.243 e. The van der Waals surface area contributed by atoms with E-state index in [-0.39, 0.29) is 68.4 Å². The van der Waals surface area contributed by atoms with Crippen LogP contribution in [0.2, 0.25) is 0 Å². The standard InChI is InChI=1S/C34H66ClN11O5/c1-4-5-6-7-8-9-10-18-28(48)43-25(17-14-21-42-34(39)40)31(50)46-29(23(2)3)32(51)45-26(15-11-12-19-36)30(49)44-24(27(47)22-35)16-13-20-41-33(37)38/h23-26,29H,4-22,36H2,1-3H3,(H,43,48)(H,44,49)(H,45,51)(H,46,50)(H4,37,38,41)(H4,39,40,42)/t24-,25+,26+,29+/m0/s1. The molecule has 17 heteroatoms. The molecule has 4 atom stereocenters. The number of alkyl halides is 1. The number of rotatable bonds is 30. The molecule has 0 aliphatic heterocycles. The molecule has 14 N–H and O–H groups in total. The molecule has 0 aromatic heterocycles. The second kappa shape index (κ2) is 29.0. The van der Waals surface area contributed by atoms with Gasteiger partial charge < -0.3 is 49.9 Å². The Kier molecular flexibility index (Phi) is 26.9. The molecular formula is C34H66ClN11O5. The number of ketones is 1. The fraction of sp³-hybridized carbons (Fsp3) is 0.794. The van der Waals surface area contributed by atoms with Crippen molar-refractivity contribution in [2.24, 2.45) is 44.6 Å². The Balaban J connectivity index is 5.77. The normalized spacial score (nSPS) is 13.3. The van der Waals surface area contributed by atoms with E-state index >= 15 is 0 Å². The highest BCUT2D eigenvalue weighted by Gasteiger charge is 2.32. The number of carbonyl (C=O) groups excluding carboxylic acids is 5. The molecule has 0 saturated heterocycles. The first-order valence-electron chi connectivity index (χ1n) is 18.4. The summed E-state index contributed by atoms with van der Waals surface area (Å²) in [6.45, 7) is 6.58. The summed E-state index contributed by atoms with van der Waals surface area (Å²) in [6, 6.07) is -3.91. The van der Waals surface area contributed by atoms with E-state index in [0.717, 1.165) is 19.3 Å². The molecule has 16 nitrogen and oxygen atoms in total. The van der Waals surface area contributed by atoms with Crippen LogP contribution in [-0.4, -0.2) is 91.0 Å². The SMILES string of the molecule is CCCCCCCCCC(=O)N[C@H](CCCN=C(N)N)C(=O)N[C@@H](C(=O)N[C@H](CCCCN)C(=O)N[C@@H](CCCN=C(N)N)C(=O)CCl)C(C)C. The van der Waals surface area contributed by atoms with Crippen LogP contribution >= 0.6 is 11.6 Å². The Morgan fingerprint density at radius 1 is 0.608 bits per heavy atom. The molecule has 0 rings (SSSR count). The zero-order valence-electron chi connectivity index (χ0n) is 31.0. The Morgan fingerprint density at radius 2 is 1.10 bits per heavy atom. The van der Waals surface area contributed by atoms with Crippen molar-refractivity contribution in [1.82, 2.24) is 21.3 Å². The molecule has 294 valence electrons. The molecule has 0 saturated carbocycles. The number of Topliss-reactive ketones (excluding diaryl/α,β-unsaturated/α-hetero) is 1. The van der Waals surface area contributed by atoms with Gasteiger partial charge in [-0.25, -0.2) is 0 Å². The minimum absolute atomic E-state index is 0.0788. The van der Waals surface area contributed by atoms with Gasteiger partial charge in [0.25, 0.3) is 0 Å². The quantitative estimate of drug-likeness (QED) is 0.0215. The van der Waals surface area contributed by atoms with Gasteiger partial charge in [0, 0.05) is 19.5 Å². The third-order valence-electron chi connectivity index (χ3n) is 8.21. The number of nitrogens with zero attached hydrogens (tertiary/aromatic N) is 2. The van der Waals surface area contributed by atoms with Gasteiger partial charge in [-0.15, -0.1) is 11.6 Å². The van der Waals surface area contributed by atoms with E-state index in [9.17, 15) is 24.0 Å². The van der Waals surface area contributed by atoms with Crippen molar-refractivity contribution in [2.75, 3.05) is 25.5 Å². The summed E-state index contributed by atoms with van der Waals surface area (Å²) in [7, 11) is 0. The van der Waals surface area contributed by atoms with Crippen molar-refractivity contribution in [1.29, 1.82) is 0 Å². The number of nitrogens with two attached hydrogens (primary N) is 5. The number of hydrogen-bond donors (Lipinski definition) is 9. The highest BCUT2D eigenvalue weighted by Crippen LogP contribution is 2.11. The van der Waals surface area contributed by atoms with Gasteiger partial charge in [0.2, 0.25) is 23.6 Å². The van der Waals surface area contributed by atoms with Gasteiger partial charge in [0.05, 0.1) is 11.9 Å². The zero-order chi connectivity index (χ0) is 38.6. The smallest absolute Gasteiger partial charge is 0.243 e.